The molecule has 1 aromatic heterocycles. The molecule has 0 radical (unpaired) electrons. The van der Waals surface area contributed by atoms with Gasteiger partial charge < -0.3 is 5.32 Å². The largest absolute Gasteiger partial charge is 0.310 e. The quantitative estimate of drug-likeness (QED) is 0.845. The SMILES string of the molecule is O=S(=O)(Nc1cncnc1)c1cccc(CNC2CC2)c1. The van der Waals surface area contributed by atoms with Gasteiger partial charge in [0.15, 0.2) is 0 Å². The van der Waals surface area contributed by atoms with Gasteiger partial charge in [0.2, 0.25) is 0 Å². The first kappa shape index (κ1) is 14.0. The Hall–Kier alpha value is -1.99. The highest BCUT2D eigenvalue weighted by Gasteiger charge is 2.20. The minimum atomic E-state index is -3.62. The molecule has 21 heavy (non-hydrogen) atoms. The Bertz CT molecular complexity index is 715. The van der Waals surface area contributed by atoms with Crippen molar-refractivity contribution in [2.75, 3.05) is 4.72 Å². The van der Waals surface area contributed by atoms with Crippen molar-refractivity contribution < 1.29 is 8.42 Å². The molecule has 3 rings (SSSR count). The Morgan fingerprint density at radius 2 is 1.95 bits per heavy atom. The lowest BCUT2D eigenvalue weighted by atomic mass is 10.2. The molecule has 7 heteroatoms. The van der Waals surface area contributed by atoms with Crippen LogP contribution in [0.3, 0.4) is 0 Å². The topological polar surface area (TPSA) is 84.0 Å². The fourth-order valence-corrected chi connectivity index (χ4v) is 3.04. The number of benzene rings is 1. The van der Waals surface area contributed by atoms with Crippen molar-refractivity contribution in [3.05, 3.63) is 48.5 Å². The van der Waals surface area contributed by atoms with Crippen molar-refractivity contribution in [1.29, 1.82) is 0 Å². The van der Waals surface area contributed by atoms with Crippen LogP contribution in [0.1, 0.15) is 18.4 Å². The van der Waals surface area contributed by atoms with Crippen LogP contribution >= 0.6 is 0 Å². The number of nitrogens with zero attached hydrogens (tertiary/aromatic N) is 2. The van der Waals surface area contributed by atoms with Crippen molar-refractivity contribution in [1.82, 2.24) is 15.3 Å². The third-order valence-corrected chi connectivity index (χ3v) is 4.57. The van der Waals surface area contributed by atoms with Crippen LogP contribution in [0.2, 0.25) is 0 Å². The molecule has 110 valence electrons. The molecule has 1 saturated carbocycles. The number of anilines is 1. The maximum Gasteiger partial charge on any atom is 0.262 e. The van der Waals surface area contributed by atoms with Gasteiger partial charge in [-0.1, -0.05) is 12.1 Å². The van der Waals surface area contributed by atoms with Gasteiger partial charge in [-0.25, -0.2) is 18.4 Å². The first-order valence-corrected chi connectivity index (χ1v) is 8.22. The average molecular weight is 304 g/mol. The Kier molecular flexibility index (Phi) is 3.85. The maximum atomic E-state index is 12.3. The minimum Gasteiger partial charge on any atom is -0.310 e. The number of rotatable bonds is 6. The first-order valence-electron chi connectivity index (χ1n) is 6.74. The smallest absolute Gasteiger partial charge is 0.262 e. The Labute approximate surface area is 123 Å². The second kappa shape index (κ2) is 5.79. The molecule has 1 fully saturated rings. The summed E-state index contributed by atoms with van der Waals surface area (Å²) in [5.41, 5.74) is 1.30. The molecular formula is C14H16N4O2S. The van der Waals surface area contributed by atoms with Crippen molar-refractivity contribution in [3.63, 3.8) is 0 Å². The normalized spacial score (nSPS) is 14.9. The summed E-state index contributed by atoms with van der Waals surface area (Å²) in [6.45, 7) is 0.683. The molecule has 0 unspecified atom stereocenters. The third-order valence-electron chi connectivity index (χ3n) is 3.19. The molecule has 0 bridgehead atoms. The molecule has 1 aliphatic carbocycles. The number of hydrogen-bond donors (Lipinski definition) is 2. The van der Waals surface area contributed by atoms with E-state index >= 15 is 0 Å². The predicted molar refractivity (Wildman–Crippen MR) is 79.1 cm³/mol. The summed E-state index contributed by atoms with van der Waals surface area (Å²) in [4.78, 5) is 7.81. The molecule has 0 amide bonds. The van der Waals surface area contributed by atoms with Gasteiger partial charge in [-0.3, -0.25) is 4.72 Å². The molecule has 0 spiro atoms. The van der Waals surface area contributed by atoms with E-state index in [2.05, 4.69) is 20.0 Å². The van der Waals surface area contributed by atoms with Gasteiger partial charge in [-0.15, -0.1) is 0 Å². The van der Waals surface area contributed by atoms with Crippen LogP contribution in [0.15, 0.2) is 47.9 Å². The Morgan fingerprint density at radius 1 is 1.19 bits per heavy atom. The molecule has 1 aromatic carbocycles. The van der Waals surface area contributed by atoms with Crippen LogP contribution in [0.25, 0.3) is 0 Å². The van der Waals surface area contributed by atoms with Crippen LogP contribution in [-0.2, 0) is 16.6 Å². The van der Waals surface area contributed by atoms with E-state index in [9.17, 15) is 8.42 Å². The highest BCUT2D eigenvalue weighted by molar-refractivity contribution is 7.92. The van der Waals surface area contributed by atoms with Gasteiger partial charge >= 0.3 is 0 Å². The Balaban J connectivity index is 1.76. The molecule has 1 aliphatic rings. The van der Waals surface area contributed by atoms with Crippen molar-refractivity contribution >= 4 is 15.7 Å². The lowest BCUT2D eigenvalue weighted by molar-refractivity contribution is 0.600. The molecule has 0 aliphatic heterocycles. The molecule has 1 heterocycles. The van der Waals surface area contributed by atoms with E-state index in [4.69, 9.17) is 0 Å². The fraction of sp³-hybridized carbons (Fsp3) is 0.286. The number of aromatic nitrogens is 2. The zero-order valence-electron chi connectivity index (χ0n) is 11.4. The first-order chi connectivity index (χ1) is 10.1. The standard InChI is InChI=1S/C14H16N4O2S/c19-21(20,18-13-8-15-10-16-9-13)14-3-1-2-11(6-14)7-17-12-4-5-12/h1-3,6,8-10,12,17-18H,4-5,7H2. The summed E-state index contributed by atoms with van der Waals surface area (Å²) >= 11 is 0. The zero-order valence-corrected chi connectivity index (χ0v) is 12.2. The predicted octanol–water partition coefficient (Wildman–Crippen LogP) is 1.53. The van der Waals surface area contributed by atoms with E-state index in [0.29, 0.717) is 18.3 Å². The zero-order chi connectivity index (χ0) is 14.7. The second-order valence-electron chi connectivity index (χ2n) is 5.04. The summed E-state index contributed by atoms with van der Waals surface area (Å²) in [7, 11) is -3.62. The van der Waals surface area contributed by atoms with Crippen LogP contribution in [0.4, 0.5) is 5.69 Å². The average Bonchev–Trinajstić information content (AvgIpc) is 3.30. The summed E-state index contributed by atoms with van der Waals surface area (Å²) in [5.74, 6) is 0. The molecular weight excluding hydrogens is 288 g/mol. The molecule has 6 nitrogen and oxygen atoms in total. The molecule has 0 atom stereocenters. The summed E-state index contributed by atoms with van der Waals surface area (Å²) in [6, 6.07) is 7.51. The molecule has 0 saturated heterocycles. The van der Waals surface area contributed by atoms with E-state index in [0.717, 1.165) is 5.56 Å². The van der Waals surface area contributed by atoms with Crippen molar-refractivity contribution in [2.45, 2.75) is 30.3 Å². The lowest BCUT2D eigenvalue weighted by Gasteiger charge is -2.09. The Morgan fingerprint density at radius 3 is 2.67 bits per heavy atom. The molecule has 2 aromatic rings. The highest BCUT2D eigenvalue weighted by atomic mass is 32.2. The van der Waals surface area contributed by atoms with Crippen molar-refractivity contribution in [2.24, 2.45) is 0 Å². The van der Waals surface area contributed by atoms with E-state index in [-0.39, 0.29) is 4.90 Å². The monoisotopic (exact) mass is 304 g/mol. The van der Waals surface area contributed by atoms with Gasteiger partial charge in [-0.05, 0) is 30.5 Å². The summed E-state index contributed by atoms with van der Waals surface area (Å²) in [5, 5.41) is 3.37. The van der Waals surface area contributed by atoms with Crippen LogP contribution < -0.4 is 10.0 Å². The van der Waals surface area contributed by atoms with Gasteiger partial charge in [-0.2, -0.15) is 0 Å². The highest BCUT2D eigenvalue weighted by Crippen LogP contribution is 2.20. The van der Waals surface area contributed by atoms with Crippen molar-refractivity contribution in [3.8, 4) is 0 Å². The van der Waals surface area contributed by atoms with E-state index in [1.807, 2.05) is 6.07 Å². The number of sulfonamides is 1. The molecule has 2 N–H and O–H groups in total. The minimum absolute atomic E-state index is 0.237. The summed E-state index contributed by atoms with van der Waals surface area (Å²) in [6.07, 6.45) is 6.59. The summed E-state index contributed by atoms with van der Waals surface area (Å²) < 4.78 is 27.1. The van der Waals surface area contributed by atoms with Crippen LogP contribution in [-0.4, -0.2) is 24.4 Å². The van der Waals surface area contributed by atoms with E-state index in [1.54, 1.807) is 18.2 Å². The lowest BCUT2D eigenvalue weighted by Crippen LogP contribution is -2.17. The fourth-order valence-electron chi connectivity index (χ4n) is 1.94. The third kappa shape index (κ3) is 3.77. The van der Waals surface area contributed by atoms with Crippen LogP contribution in [0.5, 0.6) is 0 Å². The van der Waals surface area contributed by atoms with Gasteiger partial charge in [0.25, 0.3) is 10.0 Å². The van der Waals surface area contributed by atoms with Gasteiger partial charge in [0.05, 0.1) is 23.0 Å². The van der Waals surface area contributed by atoms with Gasteiger partial charge in [0, 0.05) is 12.6 Å². The van der Waals surface area contributed by atoms with Gasteiger partial charge in [0.1, 0.15) is 6.33 Å². The maximum absolute atomic E-state index is 12.3. The number of nitrogens with one attached hydrogen (secondary N) is 2. The second-order valence-corrected chi connectivity index (χ2v) is 6.72. The van der Waals surface area contributed by atoms with E-state index in [1.165, 1.54) is 31.6 Å². The van der Waals surface area contributed by atoms with E-state index < -0.39 is 10.0 Å². The van der Waals surface area contributed by atoms with Crippen LogP contribution in [0, 0.1) is 0 Å². The number of hydrogen-bond acceptors (Lipinski definition) is 5.